The number of hydrogen-bond acceptors (Lipinski definition) is 2. The van der Waals surface area contributed by atoms with E-state index < -0.39 is 0 Å². The highest BCUT2D eigenvalue weighted by molar-refractivity contribution is 5.91. The SMILES string of the molecule is COc1cccc(N(c2ccc(C)cc2)c2ccc(C=C(c3ccccc3)c3ccccc3)cc2)c1. The van der Waals surface area contributed by atoms with Crippen LogP contribution in [0, 0.1) is 6.92 Å². The molecule has 0 saturated carbocycles. The average molecular weight is 468 g/mol. The molecule has 0 amide bonds. The number of aryl methyl sites for hydroxylation is 1. The second kappa shape index (κ2) is 10.8. The maximum absolute atomic E-state index is 5.51. The van der Waals surface area contributed by atoms with E-state index in [0.717, 1.165) is 28.4 Å². The second-order valence-corrected chi connectivity index (χ2v) is 8.75. The Labute approximate surface area is 213 Å². The molecule has 5 rings (SSSR count). The number of anilines is 3. The fourth-order valence-corrected chi connectivity index (χ4v) is 4.35. The molecule has 0 saturated heterocycles. The van der Waals surface area contributed by atoms with Gasteiger partial charge in [0.05, 0.1) is 7.11 Å². The van der Waals surface area contributed by atoms with Gasteiger partial charge in [0.15, 0.2) is 0 Å². The highest BCUT2D eigenvalue weighted by Gasteiger charge is 2.13. The van der Waals surface area contributed by atoms with Crippen molar-refractivity contribution in [3.63, 3.8) is 0 Å². The molecule has 0 N–H and O–H groups in total. The molecule has 176 valence electrons. The predicted octanol–water partition coefficient (Wildman–Crippen LogP) is 9.06. The van der Waals surface area contributed by atoms with Gasteiger partial charge in [-0.05, 0) is 71.7 Å². The molecule has 0 fully saturated rings. The summed E-state index contributed by atoms with van der Waals surface area (Å²) >= 11 is 0. The van der Waals surface area contributed by atoms with E-state index in [9.17, 15) is 0 Å². The third-order valence-corrected chi connectivity index (χ3v) is 6.24. The smallest absolute Gasteiger partial charge is 0.120 e. The minimum atomic E-state index is 0.833. The van der Waals surface area contributed by atoms with Crippen molar-refractivity contribution < 1.29 is 4.74 Å². The lowest BCUT2D eigenvalue weighted by Gasteiger charge is -2.26. The summed E-state index contributed by atoms with van der Waals surface area (Å²) in [6.07, 6.45) is 2.26. The first-order valence-electron chi connectivity index (χ1n) is 12.1. The minimum absolute atomic E-state index is 0.833. The van der Waals surface area contributed by atoms with Gasteiger partial charge in [-0.2, -0.15) is 0 Å². The van der Waals surface area contributed by atoms with E-state index in [1.807, 2.05) is 12.1 Å². The fraction of sp³-hybridized carbons (Fsp3) is 0.0588. The number of rotatable bonds is 7. The number of benzene rings is 5. The number of nitrogens with zero attached hydrogens (tertiary/aromatic N) is 1. The van der Waals surface area contributed by atoms with Crippen molar-refractivity contribution in [1.29, 1.82) is 0 Å². The lowest BCUT2D eigenvalue weighted by atomic mass is 9.95. The first-order chi connectivity index (χ1) is 17.7. The first-order valence-corrected chi connectivity index (χ1v) is 12.1. The van der Waals surface area contributed by atoms with Crippen molar-refractivity contribution in [2.24, 2.45) is 0 Å². The van der Waals surface area contributed by atoms with Gasteiger partial charge in [-0.15, -0.1) is 0 Å². The van der Waals surface area contributed by atoms with Gasteiger partial charge in [0.1, 0.15) is 5.75 Å². The summed E-state index contributed by atoms with van der Waals surface area (Å²) in [5, 5.41) is 0. The van der Waals surface area contributed by atoms with E-state index in [1.165, 1.54) is 22.3 Å². The van der Waals surface area contributed by atoms with Crippen LogP contribution in [-0.4, -0.2) is 7.11 Å². The van der Waals surface area contributed by atoms with Crippen molar-refractivity contribution in [2.45, 2.75) is 6.92 Å². The molecule has 0 atom stereocenters. The Morgan fingerprint density at radius 1 is 0.583 bits per heavy atom. The molecule has 2 heteroatoms. The normalized spacial score (nSPS) is 10.5. The van der Waals surface area contributed by atoms with Crippen LogP contribution in [0.4, 0.5) is 17.1 Å². The van der Waals surface area contributed by atoms with Crippen molar-refractivity contribution >= 4 is 28.7 Å². The van der Waals surface area contributed by atoms with Crippen molar-refractivity contribution in [3.8, 4) is 5.75 Å². The molecule has 0 aliphatic carbocycles. The molecular weight excluding hydrogens is 438 g/mol. The molecule has 5 aromatic carbocycles. The molecule has 0 unspecified atom stereocenters. The van der Waals surface area contributed by atoms with Gasteiger partial charge in [-0.1, -0.05) is 96.6 Å². The molecule has 2 nitrogen and oxygen atoms in total. The highest BCUT2D eigenvalue weighted by atomic mass is 16.5. The van der Waals surface area contributed by atoms with Crippen LogP contribution in [0.15, 0.2) is 133 Å². The summed E-state index contributed by atoms with van der Waals surface area (Å²) in [7, 11) is 1.70. The van der Waals surface area contributed by atoms with E-state index >= 15 is 0 Å². The van der Waals surface area contributed by atoms with Gasteiger partial charge < -0.3 is 9.64 Å². The lowest BCUT2D eigenvalue weighted by Crippen LogP contribution is -2.10. The number of methoxy groups -OCH3 is 1. The van der Waals surface area contributed by atoms with Crippen LogP contribution in [0.2, 0.25) is 0 Å². The Morgan fingerprint density at radius 2 is 1.14 bits per heavy atom. The van der Waals surface area contributed by atoms with Gasteiger partial charge in [-0.3, -0.25) is 0 Å². The third-order valence-electron chi connectivity index (χ3n) is 6.24. The van der Waals surface area contributed by atoms with Crippen LogP contribution in [0.25, 0.3) is 11.6 Å². The standard InChI is InChI=1S/C34H29NO/c1-26-16-20-30(21-17-26)35(32-14-9-15-33(25-32)36-2)31-22-18-27(19-23-31)24-34(28-10-5-3-6-11-28)29-12-7-4-8-13-29/h3-25H,1-2H3. The van der Waals surface area contributed by atoms with Crippen molar-refractivity contribution in [2.75, 3.05) is 12.0 Å². The van der Waals surface area contributed by atoms with E-state index in [0.29, 0.717) is 0 Å². The molecule has 0 heterocycles. The quantitative estimate of drug-likeness (QED) is 0.221. The summed E-state index contributed by atoms with van der Waals surface area (Å²) in [5.41, 5.74) is 9.23. The van der Waals surface area contributed by atoms with E-state index in [4.69, 9.17) is 4.74 Å². The zero-order valence-corrected chi connectivity index (χ0v) is 20.6. The average Bonchev–Trinajstić information content (AvgIpc) is 2.95. The van der Waals surface area contributed by atoms with Crippen LogP contribution in [0.3, 0.4) is 0 Å². The Hall–Kier alpha value is -4.56. The molecule has 36 heavy (non-hydrogen) atoms. The van der Waals surface area contributed by atoms with Crippen LogP contribution in [-0.2, 0) is 0 Å². The Balaban J connectivity index is 1.56. The van der Waals surface area contributed by atoms with Gasteiger partial charge >= 0.3 is 0 Å². The maximum Gasteiger partial charge on any atom is 0.120 e. The Morgan fingerprint density at radius 3 is 1.69 bits per heavy atom. The van der Waals surface area contributed by atoms with Crippen LogP contribution >= 0.6 is 0 Å². The molecule has 0 aliphatic heterocycles. The van der Waals surface area contributed by atoms with Crippen LogP contribution in [0.1, 0.15) is 22.3 Å². The molecule has 5 aromatic rings. The van der Waals surface area contributed by atoms with Gasteiger partial charge in [0.2, 0.25) is 0 Å². The summed E-state index contributed by atoms with van der Waals surface area (Å²) in [6.45, 7) is 2.11. The molecule has 0 spiro atoms. The molecule has 0 radical (unpaired) electrons. The van der Waals surface area contributed by atoms with Crippen LogP contribution in [0.5, 0.6) is 5.75 Å². The maximum atomic E-state index is 5.51. The highest BCUT2D eigenvalue weighted by Crippen LogP contribution is 2.36. The first kappa shape index (κ1) is 23.2. The van der Waals surface area contributed by atoms with E-state index in [2.05, 4.69) is 139 Å². The Kier molecular flexibility index (Phi) is 6.95. The summed E-state index contributed by atoms with van der Waals surface area (Å²) in [4.78, 5) is 2.25. The lowest BCUT2D eigenvalue weighted by molar-refractivity contribution is 0.415. The summed E-state index contributed by atoms with van der Waals surface area (Å²) < 4.78 is 5.51. The van der Waals surface area contributed by atoms with Gasteiger partial charge in [0.25, 0.3) is 0 Å². The van der Waals surface area contributed by atoms with E-state index in [1.54, 1.807) is 7.11 Å². The topological polar surface area (TPSA) is 12.5 Å². The zero-order valence-electron chi connectivity index (χ0n) is 20.6. The van der Waals surface area contributed by atoms with Gasteiger partial charge in [-0.25, -0.2) is 0 Å². The number of ether oxygens (including phenoxy) is 1. The summed E-state index contributed by atoms with van der Waals surface area (Å²) in [6, 6.07) is 46.6. The predicted molar refractivity (Wildman–Crippen MR) is 152 cm³/mol. The number of hydrogen-bond donors (Lipinski definition) is 0. The molecule has 0 aromatic heterocycles. The zero-order chi connectivity index (χ0) is 24.7. The largest absolute Gasteiger partial charge is 0.497 e. The van der Waals surface area contributed by atoms with Crippen molar-refractivity contribution in [1.82, 2.24) is 0 Å². The molecule has 0 aliphatic rings. The van der Waals surface area contributed by atoms with Gasteiger partial charge in [0, 0.05) is 23.1 Å². The molecular formula is C34H29NO. The van der Waals surface area contributed by atoms with Crippen LogP contribution < -0.4 is 9.64 Å². The second-order valence-electron chi connectivity index (χ2n) is 8.75. The molecule has 0 bridgehead atoms. The monoisotopic (exact) mass is 467 g/mol. The van der Waals surface area contributed by atoms with Crippen molar-refractivity contribution in [3.05, 3.63) is 156 Å². The summed E-state index contributed by atoms with van der Waals surface area (Å²) in [5.74, 6) is 0.833. The Bertz CT molecular complexity index is 1400. The third kappa shape index (κ3) is 5.24. The minimum Gasteiger partial charge on any atom is -0.497 e. The van der Waals surface area contributed by atoms with E-state index in [-0.39, 0.29) is 0 Å². The fourth-order valence-electron chi connectivity index (χ4n) is 4.35.